The summed E-state index contributed by atoms with van der Waals surface area (Å²) in [5, 5.41) is 14.6. The molecule has 2 rings (SSSR count). The second-order valence-corrected chi connectivity index (χ2v) is 5.87. The summed E-state index contributed by atoms with van der Waals surface area (Å²) in [5.74, 6) is 0.586. The van der Waals surface area contributed by atoms with Crippen molar-refractivity contribution in [2.24, 2.45) is 5.92 Å². The molecule has 0 aromatic carbocycles. The Morgan fingerprint density at radius 1 is 1.56 bits per heavy atom. The number of nitrogens with zero attached hydrogens (tertiary/aromatic N) is 1. The molecule has 2 N–H and O–H groups in total. The van der Waals surface area contributed by atoms with Crippen LogP contribution in [0.25, 0.3) is 0 Å². The van der Waals surface area contributed by atoms with E-state index in [1.54, 1.807) is 12.3 Å². The molecule has 1 unspecified atom stereocenters. The van der Waals surface area contributed by atoms with E-state index in [0.29, 0.717) is 23.2 Å². The zero-order chi connectivity index (χ0) is 13.0. The molecule has 1 saturated carbocycles. The van der Waals surface area contributed by atoms with E-state index in [2.05, 4.69) is 10.3 Å². The predicted octanol–water partition coefficient (Wildman–Crippen LogP) is 3.11. The second-order valence-electron chi connectivity index (χ2n) is 5.01. The third-order valence-corrected chi connectivity index (χ3v) is 4.17. The van der Waals surface area contributed by atoms with Gasteiger partial charge in [-0.15, -0.1) is 11.3 Å². The molecule has 1 amide bonds. The summed E-state index contributed by atoms with van der Waals surface area (Å²) in [5.41, 5.74) is 0.618. The van der Waals surface area contributed by atoms with Crippen molar-refractivity contribution in [2.45, 2.75) is 51.6 Å². The lowest BCUT2D eigenvalue weighted by atomic mass is 9.87. The van der Waals surface area contributed by atoms with Gasteiger partial charge in [-0.1, -0.05) is 19.3 Å². The molecule has 0 aliphatic heterocycles. The molecule has 1 atom stereocenters. The molecule has 100 valence electrons. The van der Waals surface area contributed by atoms with Crippen molar-refractivity contribution in [2.75, 3.05) is 5.32 Å². The Bertz CT molecular complexity index is 397. The van der Waals surface area contributed by atoms with E-state index >= 15 is 0 Å². The number of anilines is 1. The van der Waals surface area contributed by atoms with Crippen molar-refractivity contribution in [1.29, 1.82) is 0 Å². The average Bonchev–Trinajstić information content (AvgIpc) is 2.78. The number of aliphatic hydroxyl groups excluding tert-OH is 1. The lowest BCUT2D eigenvalue weighted by Crippen LogP contribution is -2.18. The van der Waals surface area contributed by atoms with Gasteiger partial charge in [0, 0.05) is 11.8 Å². The molecule has 4 nitrogen and oxygen atoms in total. The van der Waals surface area contributed by atoms with Crippen LogP contribution in [0.5, 0.6) is 0 Å². The van der Waals surface area contributed by atoms with Crippen molar-refractivity contribution in [1.82, 2.24) is 4.98 Å². The topological polar surface area (TPSA) is 62.2 Å². The molecule has 0 spiro atoms. The van der Waals surface area contributed by atoms with Crippen molar-refractivity contribution in [3.05, 3.63) is 11.1 Å². The molecule has 18 heavy (non-hydrogen) atoms. The third kappa shape index (κ3) is 3.78. The van der Waals surface area contributed by atoms with Crippen molar-refractivity contribution < 1.29 is 9.90 Å². The highest BCUT2D eigenvalue weighted by Gasteiger charge is 2.18. The molecule has 1 fully saturated rings. The zero-order valence-electron chi connectivity index (χ0n) is 10.7. The van der Waals surface area contributed by atoms with Crippen molar-refractivity contribution >= 4 is 22.4 Å². The summed E-state index contributed by atoms with van der Waals surface area (Å²) in [6.07, 6.45) is 6.17. The number of amides is 1. The first-order chi connectivity index (χ1) is 8.65. The van der Waals surface area contributed by atoms with Crippen LogP contribution in [-0.2, 0) is 4.79 Å². The van der Waals surface area contributed by atoms with Crippen LogP contribution in [0.15, 0.2) is 5.38 Å². The Balaban J connectivity index is 1.82. The van der Waals surface area contributed by atoms with E-state index in [1.165, 1.54) is 43.4 Å². The minimum absolute atomic E-state index is 0.0494. The highest BCUT2D eigenvalue weighted by molar-refractivity contribution is 7.13. The highest BCUT2D eigenvalue weighted by atomic mass is 32.1. The second kappa shape index (κ2) is 6.29. The summed E-state index contributed by atoms with van der Waals surface area (Å²) in [4.78, 5) is 16.0. The number of thiazole rings is 1. The van der Waals surface area contributed by atoms with E-state index in [4.69, 9.17) is 0 Å². The Morgan fingerprint density at radius 3 is 2.89 bits per heavy atom. The molecule has 1 aliphatic carbocycles. The Kier molecular flexibility index (Phi) is 4.72. The van der Waals surface area contributed by atoms with Crippen LogP contribution < -0.4 is 5.32 Å². The lowest BCUT2D eigenvalue weighted by Gasteiger charge is -2.20. The van der Waals surface area contributed by atoms with Gasteiger partial charge in [0.05, 0.1) is 11.8 Å². The van der Waals surface area contributed by atoms with Crippen LogP contribution >= 0.6 is 11.3 Å². The number of aromatic nitrogens is 1. The maximum absolute atomic E-state index is 11.9. The van der Waals surface area contributed by atoms with Gasteiger partial charge in [0.15, 0.2) is 5.13 Å². The number of carbonyl (C=O) groups excluding carboxylic acids is 1. The van der Waals surface area contributed by atoms with Crippen LogP contribution in [0, 0.1) is 5.92 Å². The third-order valence-electron chi connectivity index (χ3n) is 3.40. The fourth-order valence-electron chi connectivity index (χ4n) is 2.36. The van der Waals surface area contributed by atoms with Gasteiger partial charge >= 0.3 is 0 Å². The fourth-order valence-corrected chi connectivity index (χ4v) is 3.17. The molecule has 1 heterocycles. The van der Waals surface area contributed by atoms with E-state index in [9.17, 15) is 9.90 Å². The van der Waals surface area contributed by atoms with Crippen molar-refractivity contribution in [3.63, 3.8) is 0 Å². The van der Waals surface area contributed by atoms with Gasteiger partial charge in [-0.25, -0.2) is 4.98 Å². The van der Waals surface area contributed by atoms with Crippen LogP contribution in [0.3, 0.4) is 0 Å². The standard InChI is InChI=1S/C13H20N2O2S/c1-9(16)11-8-18-13(14-11)15-12(17)7-10-5-3-2-4-6-10/h8-10,16H,2-7H2,1H3,(H,14,15,17). The van der Waals surface area contributed by atoms with Crippen LogP contribution in [0.2, 0.25) is 0 Å². The number of hydrogen-bond donors (Lipinski definition) is 2. The van der Waals surface area contributed by atoms with E-state index in [0.717, 1.165) is 0 Å². The normalized spacial score (nSPS) is 18.6. The summed E-state index contributed by atoms with van der Waals surface area (Å²) in [7, 11) is 0. The number of aliphatic hydroxyl groups is 1. The molecule has 0 bridgehead atoms. The number of nitrogens with one attached hydrogen (secondary N) is 1. The Morgan fingerprint density at radius 2 is 2.28 bits per heavy atom. The Labute approximate surface area is 111 Å². The van der Waals surface area contributed by atoms with Gasteiger partial charge in [0.25, 0.3) is 0 Å². The fraction of sp³-hybridized carbons (Fsp3) is 0.692. The zero-order valence-corrected chi connectivity index (χ0v) is 11.5. The highest BCUT2D eigenvalue weighted by Crippen LogP contribution is 2.27. The maximum Gasteiger partial charge on any atom is 0.226 e. The van der Waals surface area contributed by atoms with Crippen LogP contribution in [0.1, 0.15) is 57.2 Å². The SMILES string of the molecule is CC(O)c1csc(NC(=O)CC2CCCCC2)n1. The van der Waals surface area contributed by atoms with E-state index in [1.807, 2.05) is 0 Å². The molecule has 1 aliphatic rings. The van der Waals surface area contributed by atoms with Crippen LogP contribution in [0.4, 0.5) is 5.13 Å². The predicted molar refractivity (Wildman–Crippen MR) is 72.6 cm³/mol. The molecule has 1 aromatic heterocycles. The summed E-state index contributed by atoms with van der Waals surface area (Å²) >= 11 is 1.37. The lowest BCUT2D eigenvalue weighted by molar-refractivity contribution is -0.117. The summed E-state index contributed by atoms with van der Waals surface area (Å²) in [6.45, 7) is 1.67. The maximum atomic E-state index is 11.9. The minimum Gasteiger partial charge on any atom is -0.387 e. The Hall–Kier alpha value is -0.940. The molecule has 5 heteroatoms. The van der Waals surface area contributed by atoms with Gasteiger partial charge in [0.1, 0.15) is 0 Å². The molecular weight excluding hydrogens is 248 g/mol. The van der Waals surface area contributed by atoms with Gasteiger partial charge in [0.2, 0.25) is 5.91 Å². The first kappa shape index (κ1) is 13.5. The first-order valence-corrected chi connectivity index (χ1v) is 7.46. The number of hydrogen-bond acceptors (Lipinski definition) is 4. The van der Waals surface area contributed by atoms with E-state index in [-0.39, 0.29) is 5.91 Å². The number of carbonyl (C=O) groups is 1. The molecule has 0 radical (unpaired) electrons. The largest absolute Gasteiger partial charge is 0.387 e. The summed E-state index contributed by atoms with van der Waals surface area (Å²) < 4.78 is 0. The molecular formula is C13H20N2O2S. The molecule has 1 aromatic rings. The quantitative estimate of drug-likeness (QED) is 0.882. The number of rotatable bonds is 4. The van der Waals surface area contributed by atoms with Gasteiger partial charge in [-0.3, -0.25) is 4.79 Å². The minimum atomic E-state index is -0.578. The van der Waals surface area contributed by atoms with Gasteiger partial charge in [-0.2, -0.15) is 0 Å². The van der Waals surface area contributed by atoms with Gasteiger partial charge < -0.3 is 10.4 Å². The smallest absolute Gasteiger partial charge is 0.226 e. The molecule has 0 saturated heterocycles. The van der Waals surface area contributed by atoms with Crippen molar-refractivity contribution in [3.8, 4) is 0 Å². The van der Waals surface area contributed by atoms with E-state index < -0.39 is 6.10 Å². The van der Waals surface area contributed by atoms with Crippen LogP contribution in [-0.4, -0.2) is 16.0 Å². The monoisotopic (exact) mass is 268 g/mol. The summed E-state index contributed by atoms with van der Waals surface area (Å²) in [6, 6.07) is 0. The first-order valence-electron chi connectivity index (χ1n) is 6.58. The average molecular weight is 268 g/mol. The van der Waals surface area contributed by atoms with Gasteiger partial charge in [-0.05, 0) is 25.7 Å².